The Balaban J connectivity index is 2.81. The van der Waals surface area contributed by atoms with Crippen molar-refractivity contribution >= 4 is 30.8 Å². The van der Waals surface area contributed by atoms with E-state index in [1.54, 1.807) is 0 Å². The summed E-state index contributed by atoms with van der Waals surface area (Å²) in [6, 6.07) is 2.91. The molecule has 0 atom stereocenters. The Labute approximate surface area is 90.5 Å². The summed E-state index contributed by atoms with van der Waals surface area (Å²) in [6.07, 6.45) is 1.47. The van der Waals surface area contributed by atoms with Crippen LogP contribution in [-0.4, -0.2) is 25.5 Å². The van der Waals surface area contributed by atoms with Crippen molar-refractivity contribution in [2.45, 2.75) is 4.90 Å². The summed E-state index contributed by atoms with van der Waals surface area (Å²) in [5, 5.41) is 0. The number of aromatic amines is 1. The zero-order valence-corrected chi connectivity index (χ0v) is 9.26. The molecule has 0 radical (unpaired) electrons. The van der Waals surface area contributed by atoms with Gasteiger partial charge in [0.05, 0.1) is 24.5 Å². The first-order valence-electron chi connectivity index (χ1n) is 3.98. The van der Waals surface area contributed by atoms with Gasteiger partial charge in [0.25, 0.3) is 9.05 Å². The Morgan fingerprint density at radius 1 is 1.47 bits per heavy atom. The smallest absolute Gasteiger partial charge is 0.265 e. The van der Waals surface area contributed by atoms with E-state index in [0.717, 1.165) is 0 Å². The maximum atomic E-state index is 11.2. The number of hydrogen-bond acceptors (Lipinski definition) is 4. The van der Waals surface area contributed by atoms with Gasteiger partial charge in [-0.25, -0.2) is 13.4 Å². The number of methoxy groups -OCH3 is 1. The van der Waals surface area contributed by atoms with Crippen molar-refractivity contribution < 1.29 is 13.2 Å². The topological polar surface area (TPSA) is 72.0 Å². The highest BCUT2D eigenvalue weighted by molar-refractivity contribution is 8.13. The van der Waals surface area contributed by atoms with E-state index >= 15 is 0 Å². The third kappa shape index (κ3) is 1.78. The van der Waals surface area contributed by atoms with Gasteiger partial charge in [-0.05, 0) is 6.07 Å². The Morgan fingerprint density at radius 2 is 2.20 bits per heavy atom. The van der Waals surface area contributed by atoms with Crippen LogP contribution in [0.25, 0.3) is 11.0 Å². The molecule has 80 valence electrons. The lowest BCUT2D eigenvalue weighted by atomic mass is 10.3. The Bertz CT molecular complexity index is 605. The molecule has 5 nitrogen and oxygen atoms in total. The van der Waals surface area contributed by atoms with Crippen molar-refractivity contribution in [3.05, 3.63) is 18.5 Å². The standard InChI is InChI=1S/C8H7ClN2O3S/c1-14-7-2-5-6(11-4-10-5)3-8(7)15(9,12)13/h2-4H,1H3,(H,10,11). The average Bonchev–Trinajstić information content (AvgIpc) is 2.60. The van der Waals surface area contributed by atoms with Gasteiger partial charge in [-0.2, -0.15) is 0 Å². The molecular formula is C8H7ClN2O3S. The molecule has 1 aromatic heterocycles. The van der Waals surface area contributed by atoms with Crippen LogP contribution in [0.2, 0.25) is 0 Å². The molecule has 0 aliphatic carbocycles. The maximum Gasteiger partial charge on any atom is 0.265 e. The number of ether oxygens (including phenoxy) is 1. The van der Waals surface area contributed by atoms with Gasteiger partial charge in [-0.1, -0.05) is 0 Å². The first kappa shape index (κ1) is 10.3. The first-order valence-corrected chi connectivity index (χ1v) is 6.29. The normalized spacial score (nSPS) is 11.9. The van der Waals surface area contributed by atoms with Gasteiger partial charge >= 0.3 is 0 Å². The third-order valence-electron chi connectivity index (χ3n) is 1.97. The van der Waals surface area contributed by atoms with Crippen molar-refractivity contribution in [2.24, 2.45) is 0 Å². The zero-order chi connectivity index (χ0) is 11.1. The van der Waals surface area contributed by atoms with Gasteiger partial charge < -0.3 is 9.72 Å². The number of hydrogen-bond donors (Lipinski definition) is 1. The molecule has 0 amide bonds. The second-order valence-electron chi connectivity index (χ2n) is 2.86. The Hall–Kier alpha value is -1.27. The quantitative estimate of drug-likeness (QED) is 0.815. The minimum absolute atomic E-state index is 0.0663. The molecule has 0 aliphatic rings. The second-order valence-corrected chi connectivity index (χ2v) is 5.39. The van der Waals surface area contributed by atoms with E-state index in [-0.39, 0.29) is 10.6 Å². The van der Waals surface area contributed by atoms with Crippen LogP contribution in [-0.2, 0) is 9.05 Å². The van der Waals surface area contributed by atoms with Gasteiger partial charge in [0.1, 0.15) is 10.6 Å². The van der Waals surface area contributed by atoms with E-state index < -0.39 is 9.05 Å². The number of H-pyrrole nitrogens is 1. The van der Waals surface area contributed by atoms with Crippen molar-refractivity contribution in [1.29, 1.82) is 0 Å². The summed E-state index contributed by atoms with van der Waals surface area (Å²) in [5.74, 6) is 0.185. The lowest BCUT2D eigenvalue weighted by molar-refractivity contribution is 0.404. The van der Waals surface area contributed by atoms with Crippen molar-refractivity contribution in [3.8, 4) is 5.75 Å². The molecule has 0 spiro atoms. The summed E-state index contributed by atoms with van der Waals surface area (Å²) in [5.41, 5.74) is 1.21. The van der Waals surface area contributed by atoms with E-state index in [9.17, 15) is 8.42 Å². The lowest BCUT2D eigenvalue weighted by Gasteiger charge is -2.04. The number of nitrogens with zero attached hydrogens (tertiary/aromatic N) is 1. The number of halogens is 1. The van der Waals surface area contributed by atoms with Crippen molar-refractivity contribution in [1.82, 2.24) is 9.97 Å². The molecule has 0 aliphatic heterocycles. The van der Waals surface area contributed by atoms with E-state index in [0.29, 0.717) is 11.0 Å². The van der Waals surface area contributed by atoms with Gasteiger partial charge in [0, 0.05) is 16.7 Å². The molecule has 0 saturated heterocycles. The molecule has 1 N–H and O–H groups in total. The number of aromatic nitrogens is 2. The lowest BCUT2D eigenvalue weighted by Crippen LogP contribution is -1.96. The van der Waals surface area contributed by atoms with Crippen molar-refractivity contribution in [2.75, 3.05) is 7.11 Å². The van der Waals surface area contributed by atoms with Crippen LogP contribution < -0.4 is 4.74 Å². The van der Waals surface area contributed by atoms with E-state index in [1.807, 2.05) is 0 Å². The molecule has 0 unspecified atom stereocenters. The van der Waals surface area contributed by atoms with E-state index in [4.69, 9.17) is 15.4 Å². The molecule has 0 saturated carbocycles. The van der Waals surface area contributed by atoms with Gasteiger partial charge in [0.2, 0.25) is 0 Å². The number of imidazole rings is 1. The Kier molecular flexibility index (Phi) is 2.32. The van der Waals surface area contributed by atoms with Crippen LogP contribution in [0.15, 0.2) is 23.4 Å². The monoisotopic (exact) mass is 246 g/mol. The molecule has 1 aromatic carbocycles. The fourth-order valence-corrected chi connectivity index (χ4v) is 2.30. The second kappa shape index (κ2) is 3.39. The molecule has 0 bridgehead atoms. The number of fused-ring (bicyclic) bond motifs is 1. The summed E-state index contributed by atoms with van der Waals surface area (Å²) in [4.78, 5) is 6.70. The Morgan fingerprint density at radius 3 is 2.80 bits per heavy atom. The molecule has 2 aromatic rings. The number of benzene rings is 1. The van der Waals surface area contributed by atoms with Crippen LogP contribution >= 0.6 is 10.7 Å². The number of nitrogens with one attached hydrogen (secondary N) is 1. The average molecular weight is 247 g/mol. The third-order valence-corrected chi connectivity index (χ3v) is 3.31. The molecule has 2 rings (SSSR count). The SMILES string of the molecule is COc1cc2nc[nH]c2cc1S(=O)(=O)Cl. The zero-order valence-electron chi connectivity index (χ0n) is 7.69. The number of rotatable bonds is 2. The molecule has 7 heteroatoms. The predicted octanol–water partition coefficient (Wildman–Crippen LogP) is 1.50. The van der Waals surface area contributed by atoms with E-state index in [1.165, 1.54) is 25.6 Å². The largest absolute Gasteiger partial charge is 0.495 e. The van der Waals surface area contributed by atoms with Crippen LogP contribution in [0, 0.1) is 0 Å². The summed E-state index contributed by atoms with van der Waals surface area (Å²) in [7, 11) is 2.83. The first-order chi connectivity index (χ1) is 7.02. The minimum atomic E-state index is -3.82. The molecular weight excluding hydrogens is 240 g/mol. The van der Waals surface area contributed by atoms with Crippen LogP contribution in [0.3, 0.4) is 0 Å². The van der Waals surface area contributed by atoms with Crippen LogP contribution in [0.1, 0.15) is 0 Å². The van der Waals surface area contributed by atoms with Crippen LogP contribution in [0.4, 0.5) is 0 Å². The summed E-state index contributed by atoms with van der Waals surface area (Å²) < 4.78 is 27.4. The highest BCUT2D eigenvalue weighted by atomic mass is 35.7. The highest BCUT2D eigenvalue weighted by Crippen LogP contribution is 2.30. The minimum Gasteiger partial charge on any atom is -0.495 e. The molecule has 15 heavy (non-hydrogen) atoms. The van der Waals surface area contributed by atoms with Gasteiger partial charge in [0.15, 0.2) is 0 Å². The van der Waals surface area contributed by atoms with Gasteiger partial charge in [-0.3, -0.25) is 0 Å². The maximum absolute atomic E-state index is 11.2. The predicted molar refractivity (Wildman–Crippen MR) is 55.7 cm³/mol. The van der Waals surface area contributed by atoms with Crippen molar-refractivity contribution in [3.63, 3.8) is 0 Å². The van der Waals surface area contributed by atoms with E-state index in [2.05, 4.69) is 9.97 Å². The summed E-state index contributed by atoms with van der Waals surface area (Å²) in [6.45, 7) is 0. The fraction of sp³-hybridized carbons (Fsp3) is 0.125. The fourth-order valence-electron chi connectivity index (χ4n) is 1.29. The highest BCUT2D eigenvalue weighted by Gasteiger charge is 2.18. The van der Waals surface area contributed by atoms with Gasteiger partial charge in [-0.15, -0.1) is 0 Å². The molecule has 0 fully saturated rings. The summed E-state index contributed by atoms with van der Waals surface area (Å²) >= 11 is 0. The molecule has 1 heterocycles. The van der Waals surface area contributed by atoms with Crippen LogP contribution in [0.5, 0.6) is 5.75 Å².